The van der Waals surface area contributed by atoms with Crippen LogP contribution in [-0.2, 0) is 10.0 Å². The second kappa shape index (κ2) is 9.07. The van der Waals surface area contributed by atoms with E-state index < -0.39 is 15.8 Å². The van der Waals surface area contributed by atoms with Crippen molar-refractivity contribution in [2.24, 2.45) is 0 Å². The van der Waals surface area contributed by atoms with Crippen LogP contribution in [0.2, 0.25) is 15.1 Å². The number of nitrogens with two attached hydrogens (primary N) is 1. The third-order valence-electron chi connectivity index (χ3n) is 5.07. The lowest BCUT2D eigenvalue weighted by Gasteiger charge is -2.12. The lowest BCUT2D eigenvalue weighted by Crippen LogP contribution is -2.14. The first kappa shape index (κ1) is 24.3. The van der Waals surface area contributed by atoms with Crippen LogP contribution in [0.1, 0.15) is 35.8 Å². The average molecular weight is 539 g/mol. The standard InChI is InChI=1S/C22H18Cl3N5O3S/c1-11(2)30-9-16(18-21(26)27-10-28-22(18)30)20(31)15-4-3-5-17(19(15)25)29-34(32,33)14-7-12(23)6-13(24)8-14/h3-11,29H,1-2H3,(H2,26,27,28). The molecule has 0 aliphatic rings. The Kier molecular flexibility index (Phi) is 6.48. The van der Waals surface area contributed by atoms with Gasteiger partial charge in [0.25, 0.3) is 10.0 Å². The number of hydrogen-bond acceptors (Lipinski definition) is 6. The molecule has 0 atom stereocenters. The SMILES string of the molecule is CC(C)n1cc(C(=O)c2cccc(NS(=O)(=O)c3cc(Cl)cc(Cl)c3)c2Cl)c2c(N)ncnc21. The van der Waals surface area contributed by atoms with Crippen LogP contribution < -0.4 is 10.5 Å². The molecule has 12 heteroatoms. The van der Waals surface area contributed by atoms with Gasteiger partial charge in [-0.05, 0) is 44.2 Å². The second-order valence-corrected chi connectivity index (χ2v) is 10.6. The maximum absolute atomic E-state index is 13.5. The molecule has 0 radical (unpaired) electrons. The summed E-state index contributed by atoms with van der Waals surface area (Å²) in [6, 6.07) is 8.37. The second-order valence-electron chi connectivity index (χ2n) is 7.71. The lowest BCUT2D eigenvalue weighted by atomic mass is 10.0. The third-order valence-corrected chi connectivity index (χ3v) is 7.26. The highest BCUT2D eigenvalue weighted by Gasteiger charge is 2.25. The van der Waals surface area contributed by atoms with Gasteiger partial charge in [-0.1, -0.05) is 40.9 Å². The van der Waals surface area contributed by atoms with E-state index in [2.05, 4.69) is 14.7 Å². The van der Waals surface area contributed by atoms with Crippen molar-refractivity contribution in [3.05, 3.63) is 75.1 Å². The monoisotopic (exact) mass is 537 g/mol. The van der Waals surface area contributed by atoms with Crippen molar-refractivity contribution in [1.82, 2.24) is 14.5 Å². The first-order chi connectivity index (χ1) is 16.0. The van der Waals surface area contributed by atoms with Crippen molar-refractivity contribution in [3.8, 4) is 0 Å². The number of hydrogen-bond donors (Lipinski definition) is 2. The molecule has 2 heterocycles. The van der Waals surface area contributed by atoms with E-state index >= 15 is 0 Å². The number of nitrogens with zero attached hydrogens (tertiary/aromatic N) is 3. The Balaban J connectivity index is 1.78. The molecule has 2 aromatic heterocycles. The molecule has 0 fully saturated rings. The Labute approximate surface area is 210 Å². The molecule has 0 saturated carbocycles. The highest BCUT2D eigenvalue weighted by atomic mass is 35.5. The van der Waals surface area contributed by atoms with Gasteiger partial charge in [0.05, 0.1) is 26.6 Å². The molecule has 4 rings (SSSR count). The molecular weight excluding hydrogens is 521 g/mol. The van der Waals surface area contributed by atoms with Gasteiger partial charge in [-0.15, -0.1) is 0 Å². The van der Waals surface area contributed by atoms with Gasteiger partial charge >= 0.3 is 0 Å². The summed E-state index contributed by atoms with van der Waals surface area (Å²) < 4.78 is 30.0. The Morgan fingerprint density at radius 2 is 1.74 bits per heavy atom. The quantitative estimate of drug-likeness (QED) is 0.309. The largest absolute Gasteiger partial charge is 0.383 e. The van der Waals surface area contributed by atoms with E-state index in [1.807, 2.05) is 18.4 Å². The van der Waals surface area contributed by atoms with Crippen LogP contribution in [0, 0.1) is 0 Å². The number of aromatic nitrogens is 3. The van der Waals surface area contributed by atoms with Crippen molar-refractivity contribution in [3.63, 3.8) is 0 Å². The van der Waals surface area contributed by atoms with Gasteiger partial charge < -0.3 is 10.3 Å². The number of nitrogen functional groups attached to an aromatic ring is 1. The number of carbonyl (C=O) groups excluding carboxylic acids is 1. The van der Waals surface area contributed by atoms with Crippen molar-refractivity contribution in [2.75, 3.05) is 10.5 Å². The van der Waals surface area contributed by atoms with Crippen LogP contribution in [0.25, 0.3) is 11.0 Å². The fourth-order valence-corrected chi connectivity index (χ4v) is 5.61. The third kappa shape index (κ3) is 4.44. The van der Waals surface area contributed by atoms with Crippen LogP contribution in [0.3, 0.4) is 0 Å². The molecule has 8 nitrogen and oxygen atoms in total. The smallest absolute Gasteiger partial charge is 0.262 e. The zero-order valence-electron chi connectivity index (χ0n) is 17.9. The molecule has 176 valence electrons. The average Bonchev–Trinajstić information content (AvgIpc) is 3.15. The summed E-state index contributed by atoms with van der Waals surface area (Å²) >= 11 is 18.4. The van der Waals surface area contributed by atoms with E-state index in [0.717, 1.165) is 0 Å². The lowest BCUT2D eigenvalue weighted by molar-refractivity contribution is 0.104. The molecular formula is C22H18Cl3N5O3S. The molecule has 0 unspecified atom stereocenters. The number of rotatable bonds is 6. The maximum Gasteiger partial charge on any atom is 0.262 e. The summed E-state index contributed by atoms with van der Waals surface area (Å²) in [5.74, 6) is -0.304. The summed E-state index contributed by atoms with van der Waals surface area (Å²) in [6.45, 7) is 3.88. The van der Waals surface area contributed by atoms with Crippen LogP contribution >= 0.6 is 34.8 Å². The number of fused-ring (bicyclic) bond motifs is 1. The van der Waals surface area contributed by atoms with Gasteiger partial charge in [0.15, 0.2) is 5.78 Å². The number of nitrogens with one attached hydrogen (secondary N) is 1. The van der Waals surface area contributed by atoms with E-state index in [9.17, 15) is 13.2 Å². The number of carbonyl (C=O) groups is 1. The first-order valence-corrected chi connectivity index (χ1v) is 12.5. The van der Waals surface area contributed by atoms with Crippen LogP contribution in [0.4, 0.5) is 11.5 Å². The number of sulfonamides is 1. The normalized spacial score (nSPS) is 11.8. The van der Waals surface area contributed by atoms with Gasteiger partial charge in [0, 0.05) is 27.8 Å². The summed E-state index contributed by atoms with van der Waals surface area (Å²) in [5.41, 5.74) is 6.92. The minimum atomic E-state index is -4.10. The molecule has 3 N–H and O–H groups in total. The van der Waals surface area contributed by atoms with Crippen molar-refractivity contribution >= 4 is 73.1 Å². The van der Waals surface area contributed by atoms with E-state index in [4.69, 9.17) is 40.5 Å². The number of benzene rings is 2. The topological polar surface area (TPSA) is 120 Å². The zero-order chi connectivity index (χ0) is 24.8. The summed E-state index contributed by atoms with van der Waals surface area (Å²) in [4.78, 5) is 21.7. The summed E-state index contributed by atoms with van der Waals surface area (Å²) in [7, 11) is -4.10. The fourth-order valence-electron chi connectivity index (χ4n) is 3.49. The Hall–Kier alpha value is -2.85. The highest BCUT2D eigenvalue weighted by molar-refractivity contribution is 7.92. The van der Waals surface area contributed by atoms with Gasteiger partial charge in [-0.2, -0.15) is 0 Å². The van der Waals surface area contributed by atoms with E-state index in [-0.39, 0.29) is 48.6 Å². The minimum Gasteiger partial charge on any atom is -0.383 e. The van der Waals surface area contributed by atoms with Crippen molar-refractivity contribution in [1.29, 1.82) is 0 Å². The van der Waals surface area contributed by atoms with E-state index in [0.29, 0.717) is 11.0 Å². The summed E-state index contributed by atoms with van der Waals surface area (Å²) in [5, 5.41) is 0.635. The Morgan fingerprint density at radius 3 is 2.38 bits per heavy atom. The molecule has 0 spiro atoms. The predicted octanol–water partition coefficient (Wildman–Crippen LogP) is 5.59. The zero-order valence-corrected chi connectivity index (χ0v) is 21.0. The molecule has 0 saturated heterocycles. The molecule has 0 aliphatic carbocycles. The number of ketones is 1. The first-order valence-electron chi connectivity index (χ1n) is 9.92. The van der Waals surface area contributed by atoms with Gasteiger partial charge in [0.2, 0.25) is 0 Å². The van der Waals surface area contributed by atoms with Crippen molar-refractivity contribution in [2.45, 2.75) is 24.8 Å². The minimum absolute atomic E-state index is 0.00325. The van der Waals surface area contributed by atoms with E-state index in [1.165, 1.54) is 42.7 Å². The highest BCUT2D eigenvalue weighted by Crippen LogP contribution is 2.34. The number of anilines is 2. The number of halogens is 3. The molecule has 34 heavy (non-hydrogen) atoms. The van der Waals surface area contributed by atoms with Gasteiger partial charge in [0.1, 0.15) is 17.8 Å². The van der Waals surface area contributed by atoms with Crippen LogP contribution in [0.5, 0.6) is 0 Å². The van der Waals surface area contributed by atoms with Gasteiger partial charge in [-0.25, -0.2) is 18.4 Å². The molecule has 0 bridgehead atoms. The van der Waals surface area contributed by atoms with Crippen LogP contribution in [-0.4, -0.2) is 28.7 Å². The maximum atomic E-state index is 13.5. The predicted molar refractivity (Wildman–Crippen MR) is 134 cm³/mol. The Bertz CT molecular complexity index is 1530. The molecule has 4 aromatic rings. The fraction of sp³-hybridized carbons (Fsp3) is 0.136. The summed E-state index contributed by atoms with van der Waals surface area (Å²) in [6.07, 6.45) is 2.97. The van der Waals surface area contributed by atoms with Crippen LogP contribution in [0.15, 0.2) is 53.8 Å². The molecule has 0 amide bonds. The molecule has 2 aromatic carbocycles. The van der Waals surface area contributed by atoms with Gasteiger partial charge in [-0.3, -0.25) is 9.52 Å². The molecule has 0 aliphatic heterocycles. The van der Waals surface area contributed by atoms with E-state index in [1.54, 1.807) is 6.20 Å². The Morgan fingerprint density at radius 1 is 1.06 bits per heavy atom. The van der Waals surface area contributed by atoms with Crippen molar-refractivity contribution < 1.29 is 13.2 Å².